The van der Waals surface area contributed by atoms with E-state index >= 15 is 0 Å². The van der Waals surface area contributed by atoms with Gasteiger partial charge >= 0.3 is 0 Å². The number of fused-ring (bicyclic) bond motifs is 1. The molecular weight excluding hydrogens is 328 g/mol. The third kappa shape index (κ3) is 2.93. The van der Waals surface area contributed by atoms with E-state index in [1.165, 1.54) is 12.4 Å². The molecule has 0 saturated heterocycles. The molecule has 0 aliphatic carbocycles. The highest BCUT2D eigenvalue weighted by Crippen LogP contribution is 2.31. The number of carbonyl (C=O) groups is 2. The van der Waals surface area contributed by atoms with Crippen LogP contribution in [0.1, 0.15) is 27.7 Å². The van der Waals surface area contributed by atoms with Gasteiger partial charge in [-0.1, -0.05) is 60.7 Å². The Balaban J connectivity index is 1.85. The number of nitrogens with zero attached hydrogens (tertiary/aromatic N) is 3. The molecule has 0 unspecified atom stereocenters. The molecule has 0 radical (unpaired) electrons. The molecule has 2 heterocycles. The summed E-state index contributed by atoms with van der Waals surface area (Å²) in [7, 11) is 0. The monoisotopic (exact) mass is 344 g/mol. The summed E-state index contributed by atoms with van der Waals surface area (Å²) in [6.07, 6.45) is 2.90. The molecule has 2 amide bonds. The van der Waals surface area contributed by atoms with E-state index in [9.17, 15) is 9.59 Å². The van der Waals surface area contributed by atoms with Crippen molar-refractivity contribution < 1.29 is 9.59 Å². The lowest BCUT2D eigenvalue weighted by Crippen LogP contribution is -2.39. The summed E-state index contributed by atoms with van der Waals surface area (Å²) in [6.45, 7) is -0.0780. The number of nitrogens with one attached hydrogen (secondary N) is 1. The van der Waals surface area contributed by atoms with Gasteiger partial charge in [-0.15, -0.1) is 0 Å². The Kier molecular flexibility index (Phi) is 4.15. The molecule has 1 aromatic heterocycles. The van der Waals surface area contributed by atoms with Crippen LogP contribution in [0.15, 0.2) is 73.1 Å². The van der Waals surface area contributed by atoms with Crippen LogP contribution < -0.4 is 5.32 Å². The highest BCUT2D eigenvalue weighted by atomic mass is 16.2. The number of rotatable bonds is 3. The Morgan fingerprint density at radius 3 is 2.04 bits per heavy atom. The smallest absolute Gasteiger partial charge is 0.277 e. The minimum atomic E-state index is -0.399. The van der Waals surface area contributed by atoms with Gasteiger partial charge in [0.1, 0.15) is 6.54 Å². The second kappa shape index (κ2) is 6.76. The van der Waals surface area contributed by atoms with E-state index in [2.05, 4.69) is 15.3 Å². The highest BCUT2D eigenvalue weighted by molar-refractivity contribution is 6.06. The van der Waals surface area contributed by atoms with Crippen LogP contribution in [0.2, 0.25) is 0 Å². The van der Waals surface area contributed by atoms with Gasteiger partial charge < -0.3 is 10.2 Å². The van der Waals surface area contributed by atoms with Gasteiger partial charge in [-0.25, -0.2) is 9.97 Å². The van der Waals surface area contributed by atoms with E-state index in [0.717, 1.165) is 11.1 Å². The standard InChI is InChI=1S/C20H16N4O2/c25-16-13-24(20(26)17-19(23-16)22-12-11-21-17)18(14-7-3-1-4-8-14)15-9-5-2-6-10-15/h1-12,18H,13H2,(H,22,23,25). The van der Waals surface area contributed by atoms with Gasteiger partial charge in [-0.05, 0) is 11.1 Å². The average molecular weight is 344 g/mol. The molecule has 1 aliphatic heterocycles. The number of amides is 2. The molecule has 0 atom stereocenters. The van der Waals surface area contributed by atoms with E-state index in [1.807, 2.05) is 60.7 Å². The Labute approximate surface area is 150 Å². The predicted molar refractivity (Wildman–Crippen MR) is 96.4 cm³/mol. The van der Waals surface area contributed by atoms with Crippen LogP contribution in [0.5, 0.6) is 0 Å². The maximum atomic E-state index is 13.2. The van der Waals surface area contributed by atoms with E-state index < -0.39 is 6.04 Å². The van der Waals surface area contributed by atoms with Crippen LogP contribution in [0.25, 0.3) is 0 Å². The first-order valence-electron chi connectivity index (χ1n) is 8.26. The van der Waals surface area contributed by atoms with Gasteiger partial charge in [0.25, 0.3) is 5.91 Å². The van der Waals surface area contributed by atoms with Crippen LogP contribution in [0.4, 0.5) is 5.82 Å². The zero-order valence-corrected chi connectivity index (χ0v) is 13.9. The third-order valence-corrected chi connectivity index (χ3v) is 4.28. The molecule has 4 rings (SSSR count). The molecule has 3 aromatic rings. The molecule has 0 saturated carbocycles. The second-order valence-electron chi connectivity index (χ2n) is 5.96. The summed E-state index contributed by atoms with van der Waals surface area (Å²) in [6, 6.07) is 18.9. The number of aromatic nitrogens is 2. The van der Waals surface area contributed by atoms with Gasteiger partial charge in [0.15, 0.2) is 11.5 Å². The van der Waals surface area contributed by atoms with Gasteiger partial charge in [0, 0.05) is 12.4 Å². The van der Waals surface area contributed by atoms with Crippen LogP contribution >= 0.6 is 0 Å². The summed E-state index contributed by atoms with van der Waals surface area (Å²) in [4.78, 5) is 35.4. The van der Waals surface area contributed by atoms with E-state index in [-0.39, 0.29) is 29.9 Å². The summed E-state index contributed by atoms with van der Waals surface area (Å²) in [5.41, 5.74) is 1.99. The Hall–Kier alpha value is -3.54. The first-order chi connectivity index (χ1) is 12.7. The highest BCUT2D eigenvalue weighted by Gasteiger charge is 2.34. The number of anilines is 1. The molecule has 2 aromatic carbocycles. The largest absolute Gasteiger partial charge is 0.317 e. The van der Waals surface area contributed by atoms with Crippen LogP contribution in [0.3, 0.4) is 0 Å². The second-order valence-corrected chi connectivity index (χ2v) is 5.96. The van der Waals surface area contributed by atoms with Crippen molar-refractivity contribution in [1.29, 1.82) is 0 Å². The number of carbonyl (C=O) groups excluding carboxylic acids is 2. The minimum Gasteiger partial charge on any atom is -0.317 e. The van der Waals surface area contributed by atoms with Gasteiger partial charge in [-0.2, -0.15) is 0 Å². The van der Waals surface area contributed by atoms with Crippen molar-refractivity contribution in [1.82, 2.24) is 14.9 Å². The maximum absolute atomic E-state index is 13.2. The van der Waals surface area contributed by atoms with Crippen molar-refractivity contribution in [3.63, 3.8) is 0 Å². The SMILES string of the molecule is O=C1CN(C(c2ccccc2)c2ccccc2)C(=O)c2nccnc2N1. The molecule has 6 heteroatoms. The first kappa shape index (κ1) is 16.0. The molecular formula is C20H16N4O2. The molecule has 0 fully saturated rings. The molecule has 1 N–H and O–H groups in total. The zero-order valence-electron chi connectivity index (χ0n) is 13.9. The molecule has 1 aliphatic rings. The first-order valence-corrected chi connectivity index (χ1v) is 8.26. The van der Waals surface area contributed by atoms with E-state index in [0.29, 0.717) is 0 Å². The molecule has 128 valence electrons. The number of hydrogen-bond donors (Lipinski definition) is 1. The lowest BCUT2D eigenvalue weighted by Gasteiger charge is -2.30. The fourth-order valence-electron chi connectivity index (χ4n) is 3.15. The predicted octanol–water partition coefficient (Wildman–Crippen LogP) is 2.66. The zero-order chi connectivity index (χ0) is 17.9. The van der Waals surface area contributed by atoms with Gasteiger partial charge in [0.05, 0.1) is 6.04 Å². The maximum Gasteiger partial charge on any atom is 0.277 e. The van der Waals surface area contributed by atoms with Gasteiger partial charge in [0.2, 0.25) is 5.91 Å². The van der Waals surface area contributed by atoms with Crippen LogP contribution in [-0.2, 0) is 4.79 Å². The Bertz CT molecular complexity index is 905. The topological polar surface area (TPSA) is 75.2 Å². The quantitative estimate of drug-likeness (QED) is 0.793. The van der Waals surface area contributed by atoms with Crippen molar-refractivity contribution in [3.05, 3.63) is 89.9 Å². The van der Waals surface area contributed by atoms with Crippen molar-refractivity contribution in [3.8, 4) is 0 Å². The summed E-state index contributed by atoms with van der Waals surface area (Å²) in [5, 5.41) is 2.67. The van der Waals surface area contributed by atoms with Crippen molar-refractivity contribution >= 4 is 17.6 Å². The van der Waals surface area contributed by atoms with Crippen LogP contribution in [-0.4, -0.2) is 33.2 Å². The third-order valence-electron chi connectivity index (χ3n) is 4.28. The normalized spacial score (nSPS) is 14.0. The minimum absolute atomic E-state index is 0.0780. The van der Waals surface area contributed by atoms with Crippen molar-refractivity contribution in [2.24, 2.45) is 0 Å². The fraction of sp³-hybridized carbons (Fsp3) is 0.100. The molecule has 0 spiro atoms. The number of hydrogen-bond acceptors (Lipinski definition) is 4. The van der Waals surface area contributed by atoms with E-state index in [4.69, 9.17) is 0 Å². The molecule has 0 bridgehead atoms. The average Bonchev–Trinajstić information content (AvgIpc) is 2.80. The number of benzene rings is 2. The lowest BCUT2D eigenvalue weighted by molar-refractivity contribution is -0.117. The summed E-state index contributed by atoms with van der Waals surface area (Å²) < 4.78 is 0. The summed E-state index contributed by atoms with van der Waals surface area (Å²) >= 11 is 0. The van der Waals surface area contributed by atoms with Crippen LogP contribution in [0, 0.1) is 0 Å². The van der Waals surface area contributed by atoms with Crippen molar-refractivity contribution in [2.45, 2.75) is 6.04 Å². The van der Waals surface area contributed by atoms with Crippen molar-refractivity contribution in [2.75, 3.05) is 11.9 Å². The van der Waals surface area contributed by atoms with Gasteiger partial charge in [-0.3, -0.25) is 9.59 Å². The fourth-order valence-corrected chi connectivity index (χ4v) is 3.15. The molecule has 26 heavy (non-hydrogen) atoms. The Morgan fingerprint density at radius 2 is 1.42 bits per heavy atom. The lowest BCUT2D eigenvalue weighted by atomic mass is 9.96. The molecule has 6 nitrogen and oxygen atoms in total. The summed E-state index contributed by atoms with van der Waals surface area (Å²) in [5.74, 6) is -0.427. The van der Waals surface area contributed by atoms with E-state index in [1.54, 1.807) is 4.90 Å². The Morgan fingerprint density at radius 1 is 0.846 bits per heavy atom.